The van der Waals surface area contributed by atoms with E-state index >= 15 is 0 Å². The van der Waals surface area contributed by atoms with Gasteiger partial charge in [0.2, 0.25) is 10.0 Å². The second kappa shape index (κ2) is 9.50. The smallest absolute Gasteiger partial charge is 0.335 e. The number of nitrogens with one attached hydrogen (secondary N) is 1. The van der Waals surface area contributed by atoms with Crippen molar-refractivity contribution in [3.63, 3.8) is 0 Å². The van der Waals surface area contributed by atoms with Crippen LogP contribution in [0.5, 0.6) is 5.75 Å². The zero-order chi connectivity index (χ0) is 23.6. The maximum Gasteiger partial charge on any atom is 0.335 e. The number of carboxylic acids is 1. The minimum absolute atomic E-state index is 0.172. The van der Waals surface area contributed by atoms with Gasteiger partial charge in [0.1, 0.15) is 17.9 Å². The van der Waals surface area contributed by atoms with Gasteiger partial charge in [0.25, 0.3) is 0 Å². The Kier molecular flexibility index (Phi) is 6.68. The molecule has 3 saturated heterocycles. The van der Waals surface area contributed by atoms with Crippen LogP contribution >= 0.6 is 0 Å². The number of piperidine rings is 3. The Morgan fingerprint density at radius 2 is 1.82 bits per heavy atom. The minimum Gasteiger partial charge on any atom is -0.497 e. The van der Waals surface area contributed by atoms with Gasteiger partial charge in [-0.2, -0.15) is 4.72 Å². The lowest BCUT2D eigenvalue weighted by Crippen LogP contribution is -2.52. The topological polar surface area (TPSA) is 122 Å². The van der Waals surface area contributed by atoms with Crippen molar-refractivity contribution >= 4 is 22.0 Å². The summed E-state index contributed by atoms with van der Waals surface area (Å²) in [5.74, 6) is -1.13. The highest BCUT2D eigenvalue weighted by molar-refractivity contribution is 7.89. The van der Waals surface area contributed by atoms with Crippen LogP contribution in [0.1, 0.15) is 34.8 Å². The summed E-state index contributed by atoms with van der Waals surface area (Å²) in [6.45, 7) is 2.60. The predicted molar refractivity (Wildman–Crippen MR) is 119 cm³/mol. The van der Waals surface area contributed by atoms with E-state index in [1.165, 1.54) is 25.3 Å². The minimum atomic E-state index is -4.23. The lowest BCUT2D eigenvalue weighted by atomic mass is 9.86. The molecule has 0 radical (unpaired) electrons. The Hall–Kier alpha value is -2.95. The summed E-state index contributed by atoms with van der Waals surface area (Å²) in [6.07, 6.45) is 1.60. The number of hydrogen-bond acceptors (Lipinski definition) is 7. The van der Waals surface area contributed by atoms with Crippen LogP contribution in [0.3, 0.4) is 0 Å². The van der Waals surface area contributed by atoms with Gasteiger partial charge in [0.05, 0.1) is 17.6 Å². The SMILES string of the molecule is COc1ccc(C(NS(=O)(=O)c2cccc(C(=O)O)c2)C(=O)O[C@H]2CN3CCC2CC3)cc1. The van der Waals surface area contributed by atoms with Crippen LogP contribution in [0.4, 0.5) is 0 Å². The summed E-state index contributed by atoms with van der Waals surface area (Å²) < 4.78 is 39.6. The second-order valence-electron chi connectivity index (χ2n) is 8.27. The molecule has 0 aliphatic carbocycles. The lowest BCUT2D eigenvalue weighted by molar-refractivity contribution is -0.161. The third kappa shape index (κ3) is 5.18. The molecular weight excluding hydrogens is 448 g/mol. The van der Waals surface area contributed by atoms with Gasteiger partial charge in [-0.05, 0) is 67.7 Å². The summed E-state index contributed by atoms with van der Waals surface area (Å²) in [7, 11) is -2.73. The lowest BCUT2D eigenvalue weighted by Gasteiger charge is -2.44. The number of esters is 1. The first kappa shape index (κ1) is 23.2. The van der Waals surface area contributed by atoms with E-state index in [9.17, 15) is 23.1 Å². The quantitative estimate of drug-likeness (QED) is 0.558. The second-order valence-corrected chi connectivity index (χ2v) is 9.99. The zero-order valence-corrected chi connectivity index (χ0v) is 19.0. The molecule has 0 spiro atoms. The standard InChI is InChI=1S/C23H26N2O7S/c1-31-18-7-5-16(6-8-18)21(23(28)32-20-14-25-11-9-15(20)10-12-25)24-33(29,30)19-4-2-3-17(13-19)22(26)27/h2-8,13,15,20-21,24H,9-12,14H2,1H3,(H,26,27)/t20-,21?/m0/s1. The molecule has 3 aliphatic heterocycles. The van der Waals surface area contributed by atoms with E-state index in [4.69, 9.17) is 9.47 Å². The maximum atomic E-state index is 13.2. The van der Waals surface area contributed by atoms with E-state index in [1.54, 1.807) is 24.3 Å². The van der Waals surface area contributed by atoms with Crippen LogP contribution in [-0.4, -0.2) is 63.2 Å². The Labute approximate surface area is 192 Å². The number of fused-ring (bicyclic) bond motifs is 3. The average molecular weight is 475 g/mol. The predicted octanol–water partition coefficient (Wildman–Crippen LogP) is 2.05. The van der Waals surface area contributed by atoms with E-state index in [0.717, 1.165) is 32.0 Å². The molecule has 1 unspecified atom stereocenters. The number of ether oxygens (including phenoxy) is 2. The van der Waals surface area contributed by atoms with Gasteiger partial charge in [0, 0.05) is 6.54 Å². The van der Waals surface area contributed by atoms with Crippen molar-refractivity contribution in [2.24, 2.45) is 5.92 Å². The van der Waals surface area contributed by atoms with Gasteiger partial charge in [0.15, 0.2) is 0 Å². The van der Waals surface area contributed by atoms with Gasteiger partial charge >= 0.3 is 11.9 Å². The summed E-state index contributed by atoms with van der Waals surface area (Å²) in [4.78, 5) is 26.5. The van der Waals surface area contributed by atoms with Crippen LogP contribution in [0.25, 0.3) is 0 Å². The first-order chi connectivity index (χ1) is 15.8. The van der Waals surface area contributed by atoms with Gasteiger partial charge in [-0.3, -0.25) is 4.90 Å². The average Bonchev–Trinajstić information content (AvgIpc) is 2.83. The van der Waals surface area contributed by atoms with Crippen molar-refractivity contribution in [3.8, 4) is 5.75 Å². The molecule has 2 aromatic carbocycles. The number of carboxylic acid groups (broad SMARTS) is 1. The van der Waals surface area contributed by atoms with Crippen LogP contribution in [0.15, 0.2) is 53.4 Å². The summed E-state index contributed by atoms with van der Waals surface area (Å²) >= 11 is 0. The number of benzene rings is 2. The van der Waals surface area contributed by atoms with Gasteiger partial charge < -0.3 is 14.6 Å². The molecule has 9 nitrogen and oxygen atoms in total. The first-order valence-corrected chi connectivity index (χ1v) is 12.2. The number of carbonyl (C=O) groups is 2. The van der Waals surface area contributed by atoms with E-state index in [-0.39, 0.29) is 22.5 Å². The van der Waals surface area contributed by atoms with E-state index in [2.05, 4.69) is 9.62 Å². The maximum absolute atomic E-state index is 13.2. The fourth-order valence-corrected chi connectivity index (χ4v) is 5.55. The van der Waals surface area contributed by atoms with E-state index in [1.807, 2.05) is 0 Å². The molecule has 2 bridgehead atoms. The highest BCUT2D eigenvalue weighted by Crippen LogP contribution is 2.31. The molecule has 0 amide bonds. The molecule has 3 aliphatic rings. The molecule has 0 saturated carbocycles. The third-order valence-electron chi connectivity index (χ3n) is 6.21. The van der Waals surface area contributed by atoms with Crippen LogP contribution in [-0.2, 0) is 19.6 Å². The van der Waals surface area contributed by atoms with Crippen LogP contribution < -0.4 is 9.46 Å². The largest absolute Gasteiger partial charge is 0.497 e. The monoisotopic (exact) mass is 474 g/mol. The fraction of sp³-hybridized carbons (Fsp3) is 0.391. The summed E-state index contributed by atoms with van der Waals surface area (Å²) in [5, 5.41) is 9.20. The van der Waals surface area contributed by atoms with Crippen molar-refractivity contribution in [2.75, 3.05) is 26.7 Å². The highest BCUT2D eigenvalue weighted by atomic mass is 32.2. The molecule has 0 aromatic heterocycles. The van der Waals surface area contributed by atoms with Gasteiger partial charge in [-0.1, -0.05) is 18.2 Å². The molecule has 2 atom stereocenters. The van der Waals surface area contributed by atoms with Gasteiger partial charge in [-0.25, -0.2) is 18.0 Å². The molecule has 3 heterocycles. The number of methoxy groups -OCH3 is 1. The normalized spacial score (nSPS) is 23.0. The van der Waals surface area contributed by atoms with Crippen molar-refractivity contribution in [1.82, 2.24) is 9.62 Å². The molecule has 2 N–H and O–H groups in total. The Bertz CT molecular complexity index is 1130. The Balaban J connectivity index is 1.61. The van der Waals surface area contributed by atoms with Crippen LogP contribution in [0.2, 0.25) is 0 Å². The summed E-state index contributed by atoms with van der Waals surface area (Å²) in [6, 6.07) is 10.1. The molecule has 10 heteroatoms. The molecule has 176 valence electrons. The number of aromatic carboxylic acids is 1. The van der Waals surface area contributed by atoms with Crippen molar-refractivity contribution in [2.45, 2.75) is 29.9 Å². The van der Waals surface area contributed by atoms with Crippen molar-refractivity contribution in [3.05, 3.63) is 59.7 Å². The molecule has 2 aromatic rings. The summed E-state index contributed by atoms with van der Waals surface area (Å²) in [5.41, 5.74) is 0.216. The van der Waals surface area contributed by atoms with E-state index < -0.39 is 28.0 Å². The molecular formula is C23H26N2O7S. The third-order valence-corrected chi connectivity index (χ3v) is 7.63. The highest BCUT2D eigenvalue weighted by Gasteiger charge is 2.38. The number of sulfonamides is 1. The van der Waals surface area contributed by atoms with Crippen molar-refractivity contribution < 1.29 is 32.6 Å². The van der Waals surface area contributed by atoms with Gasteiger partial charge in [-0.15, -0.1) is 0 Å². The number of hydrogen-bond donors (Lipinski definition) is 2. The first-order valence-electron chi connectivity index (χ1n) is 10.7. The van der Waals surface area contributed by atoms with Crippen molar-refractivity contribution in [1.29, 1.82) is 0 Å². The zero-order valence-electron chi connectivity index (χ0n) is 18.1. The number of nitrogens with zero attached hydrogens (tertiary/aromatic N) is 1. The Morgan fingerprint density at radius 3 is 2.39 bits per heavy atom. The fourth-order valence-electron chi connectivity index (χ4n) is 4.33. The molecule has 3 fully saturated rings. The molecule has 5 rings (SSSR count). The molecule has 33 heavy (non-hydrogen) atoms. The van der Waals surface area contributed by atoms with Crippen LogP contribution in [0, 0.1) is 5.92 Å². The van der Waals surface area contributed by atoms with E-state index in [0.29, 0.717) is 17.9 Å². The Morgan fingerprint density at radius 1 is 1.12 bits per heavy atom. The number of carbonyl (C=O) groups excluding carboxylic acids is 1. The number of rotatable bonds is 8.